The van der Waals surface area contributed by atoms with Gasteiger partial charge >= 0.3 is 0 Å². The number of carbonyl (C=O) groups is 1. The topological polar surface area (TPSA) is 46.5 Å². The van der Waals surface area contributed by atoms with Crippen molar-refractivity contribution < 1.29 is 14.6 Å². The molecule has 1 N–H and O–H groups in total. The fourth-order valence-corrected chi connectivity index (χ4v) is 0.942. The lowest BCUT2D eigenvalue weighted by molar-refractivity contribution is -0.119. The summed E-state index contributed by atoms with van der Waals surface area (Å²) in [5.74, 6) is 0.310. The zero-order valence-electron chi connectivity index (χ0n) is 7.71. The molecule has 0 saturated heterocycles. The first-order valence-corrected chi connectivity index (χ1v) is 4.51. The van der Waals surface area contributed by atoms with Crippen LogP contribution in [0.5, 0.6) is 0 Å². The minimum atomic E-state index is 0.0584. The van der Waals surface area contributed by atoms with Crippen molar-refractivity contribution in [3.63, 3.8) is 0 Å². The molecule has 0 saturated carbocycles. The molecule has 3 heteroatoms. The largest absolute Gasteiger partial charge is 0.394 e. The number of aliphatic hydroxyl groups excluding tert-OH is 1. The van der Waals surface area contributed by atoms with Gasteiger partial charge < -0.3 is 9.84 Å². The van der Waals surface area contributed by atoms with Gasteiger partial charge in [0.2, 0.25) is 0 Å². The molecule has 0 aromatic carbocycles. The Hall–Kier alpha value is -0.410. The van der Waals surface area contributed by atoms with Crippen LogP contribution in [0.3, 0.4) is 0 Å². The van der Waals surface area contributed by atoms with E-state index in [1.54, 1.807) is 0 Å². The Morgan fingerprint density at radius 3 is 2.67 bits per heavy atom. The Balaban J connectivity index is 3.03. The molecule has 0 aliphatic rings. The highest BCUT2D eigenvalue weighted by molar-refractivity contribution is 5.78. The first-order chi connectivity index (χ1) is 5.81. The zero-order valence-corrected chi connectivity index (χ0v) is 7.71. The minimum Gasteiger partial charge on any atom is -0.394 e. The third-order valence-corrected chi connectivity index (χ3v) is 1.51. The Kier molecular flexibility index (Phi) is 8.39. The second-order valence-corrected chi connectivity index (χ2v) is 2.73. The Morgan fingerprint density at radius 2 is 2.08 bits per heavy atom. The van der Waals surface area contributed by atoms with Crippen LogP contribution in [0, 0.1) is 0 Å². The van der Waals surface area contributed by atoms with Crippen molar-refractivity contribution >= 4 is 5.78 Å². The Bertz CT molecular complexity index is 112. The van der Waals surface area contributed by atoms with Crippen molar-refractivity contribution in [1.29, 1.82) is 0 Å². The van der Waals surface area contributed by atoms with E-state index in [4.69, 9.17) is 9.84 Å². The van der Waals surface area contributed by atoms with E-state index in [0.29, 0.717) is 31.8 Å². The fourth-order valence-electron chi connectivity index (χ4n) is 0.942. The van der Waals surface area contributed by atoms with Gasteiger partial charge in [0.15, 0.2) is 0 Å². The molecule has 0 atom stereocenters. The van der Waals surface area contributed by atoms with E-state index < -0.39 is 0 Å². The summed E-state index contributed by atoms with van der Waals surface area (Å²) in [7, 11) is 0. The molecule has 0 heterocycles. The predicted molar refractivity (Wildman–Crippen MR) is 47.1 cm³/mol. The van der Waals surface area contributed by atoms with Crippen molar-refractivity contribution in [2.75, 3.05) is 19.8 Å². The van der Waals surface area contributed by atoms with Crippen molar-refractivity contribution in [3.05, 3.63) is 0 Å². The molecule has 0 unspecified atom stereocenters. The predicted octanol–water partition coefficient (Wildman–Crippen LogP) is 1.14. The smallest absolute Gasteiger partial charge is 0.132 e. The van der Waals surface area contributed by atoms with Crippen LogP contribution in [0.2, 0.25) is 0 Å². The van der Waals surface area contributed by atoms with Gasteiger partial charge in [-0.15, -0.1) is 0 Å². The van der Waals surface area contributed by atoms with Crippen molar-refractivity contribution in [3.8, 4) is 0 Å². The summed E-state index contributed by atoms with van der Waals surface area (Å²) >= 11 is 0. The molecule has 0 aliphatic heterocycles. The molecule has 0 spiro atoms. The SMILES string of the molecule is CCCC(=O)CCCOCCO. The summed E-state index contributed by atoms with van der Waals surface area (Å²) in [6.45, 7) is 3.01. The molecule has 72 valence electrons. The van der Waals surface area contributed by atoms with Gasteiger partial charge in [-0.2, -0.15) is 0 Å². The lowest BCUT2D eigenvalue weighted by atomic mass is 10.1. The third kappa shape index (κ3) is 7.69. The molecule has 12 heavy (non-hydrogen) atoms. The number of carbonyl (C=O) groups excluding carboxylic acids is 1. The van der Waals surface area contributed by atoms with Crippen LogP contribution in [-0.4, -0.2) is 30.7 Å². The molecule has 0 aromatic heterocycles. The van der Waals surface area contributed by atoms with Crippen LogP contribution < -0.4 is 0 Å². The number of ketones is 1. The second kappa shape index (κ2) is 8.68. The lowest BCUT2D eigenvalue weighted by Gasteiger charge is -2.00. The first-order valence-electron chi connectivity index (χ1n) is 4.51. The van der Waals surface area contributed by atoms with Crippen LogP contribution in [-0.2, 0) is 9.53 Å². The zero-order chi connectivity index (χ0) is 9.23. The van der Waals surface area contributed by atoms with E-state index >= 15 is 0 Å². The van der Waals surface area contributed by atoms with E-state index in [1.165, 1.54) is 0 Å². The van der Waals surface area contributed by atoms with Crippen LogP contribution in [0.25, 0.3) is 0 Å². The monoisotopic (exact) mass is 174 g/mol. The molecule has 0 radical (unpaired) electrons. The van der Waals surface area contributed by atoms with E-state index in [0.717, 1.165) is 12.8 Å². The summed E-state index contributed by atoms with van der Waals surface area (Å²) in [5, 5.41) is 8.37. The number of ether oxygens (including phenoxy) is 1. The maximum atomic E-state index is 11.0. The maximum absolute atomic E-state index is 11.0. The first kappa shape index (κ1) is 11.6. The summed E-state index contributed by atoms with van der Waals surface area (Å²) in [4.78, 5) is 11.0. The normalized spacial score (nSPS) is 10.2. The highest BCUT2D eigenvalue weighted by Crippen LogP contribution is 1.98. The van der Waals surface area contributed by atoms with E-state index in [-0.39, 0.29) is 6.61 Å². The molecule has 0 fully saturated rings. The summed E-state index contributed by atoms with van der Waals surface area (Å²) in [5.41, 5.74) is 0. The Labute approximate surface area is 73.7 Å². The summed E-state index contributed by atoms with van der Waals surface area (Å²) in [6, 6.07) is 0. The highest BCUT2D eigenvalue weighted by atomic mass is 16.5. The number of Topliss-reactive ketones (excluding diaryl/α,β-unsaturated/α-hetero) is 1. The van der Waals surface area contributed by atoms with Crippen LogP contribution in [0.1, 0.15) is 32.6 Å². The fraction of sp³-hybridized carbons (Fsp3) is 0.889. The molecule has 0 amide bonds. The van der Waals surface area contributed by atoms with Crippen LogP contribution in [0.4, 0.5) is 0 Å². The Morgan fingerprint density at radius 1 is 1.33 bits per heavy atom. The summed E-state index contributed by atoms with van der Waals surface area (Å²) in [6.07, 6.45) is 2.99. The van der Waals surface area contributed by atoms with E-state index in [9.17, 15) is 4.79 Å². The van der Waals surface area contributed by atoms with E-state index in [1.807, 2.05) is 6.92 Å². The number of aliphatic hydroxyl groups is 1. The number of hydrogen-bond acceptors (Lipinski definition) is 3. The third-order valence-electron chi connectivity index (χ3n) is 1.51. The van der Waals surface area contributed by atoms with Gasteiger partial charge in [0.25, 0.3) is 0 Å². The maximum Gasteiger partial charge on any atom is 0.132 e. The number of rotatable bonds is 8. The van der Waals surface area contributed by atoms with Gasteiger partial charge in [0.05, 0.1) is 13.2 Å². The number of hydrogen-bond donors (Lipinski definition) is 1. The molecule has 0 aromatic rings. The molecule has 3 nitrogen and oxygen atoms in total. The lowest BCUT2D eigenvalue weighted by Crippen LogP contribution is -2.03. The quantitative estimate of drug-likeness (QED) is 0.561. The van der Waals surface area contributed by atoms with Gasteiger partial charge in [-0.1, -0.05) is 6.92 Å². The second-order valence-electron chi connectivity index (χ2n) is 2.73. The van der Waals surface area contributed by atoms with Crippen molar-refractivity contribution in [2.45, 2.75) is 32.6 Å². The molecule has 0 rings (SSSR count). The average Bonchev–Trinajstić information content (AvgIpc) is 2.05. The van der Waals surface area contributed by atoms with Gasteiger partial charge in [-0.05, 0) is 12.8 Å². The molecule has 0 aliphatic carbocycles. The van der Waals surface area contributed by atoms with Crippen LogP contribution >= 0.6 is 0 Å². The van der Waals surface area contributed by atoms with Gasteiger partial charge in [-0.25, -0.2) is 0 Å². The van der Waals surface area contributed by atoms with Crippen LogP contribution in [0.15, 0.2) is 0 Å². The minimum absolute atomic E-state index is 0.0584. The van der Waals surface area contributed by atoms with Crippen molar-refractivity contribution in [2.24, 2.45) is 0 Å². The highest BCUT2D eigenvalue weighted by Gasteiger charge is 1.98. The molecular formula is C9H18O3. The molecular weight excluding hydrogens is 156 g/mol. The average molecular weight is 174 g/mol. The standard InChI is InChI=1S/C9H18O3/c1-2-4-9(11)5-3-7-12-8-6-10/h10H,2-8H2,1H3. The summed E-state index contributed by atoms with van der Waals surface area (Å²) < 4.78 is 5.01. The van der Waals surface area contributed by atoms with Crippen molar-refractivity contribution in [1.82, 2.24) is 0 Å². The van der Waals surface area contributed by atoms with Gasteiger partial charge in [0.1, 0.15) is 5.78 Å². The van der Waals surface area contributed by atoms with Gasteiger partial charge in [0, 0.05) is 19.4 Å². The van der Waals surface area contributed by atoms with Gasteiger partial charge in [-0.3, -0.25) is 4.79 Å². The van der Waals surface area contributed by atoms with E-state index in [2.05, 4.69) is 0 Å². The molecule has 0 bridgehead atoms.